The Bertz CT molecular complexity index is 724. The summed E-state index contributed by atoms with van der Waals surface area (Å²) in [4.78, 5) is 11.3. The molecule has 0 bridgehead atoms. The van der Waals surface area contributed by atoms with Crippen molar-refractivity contribution in [3.05, 3.63) is 71.3 Å². The SMILES string of the molecule is CP(Cc1ccccc1)CC1(c2ccccc2C=O)CC1.FC1CC1F. The van der Waals surface area contributed by atoms with Crippen LogP contribution in [0.5, 0.6) is 0 Å². The maximum Gasteiger partial charge on any atom is 0.150 e. The number of halogens is 2. The molecular formula is C22H25F2OP. The van der Waals surface area contributed by atoms with Crippen LogP contribution < -0.4 is 0 Å². The molecule has 2 aromatic carbocycles. The maximum atomic E-state index is 11.3. The van der Waals surface area contributed by atoms with E-state index in [0.29, 0.717) is 0 Å². The van der Waals surface area contributed by atoms with Crippen molar-refractivity contribution < 1.29 is 13.6 Å². The molecule has 1 nitrogen and oxygen atoms in total. The third-order valence-electron chi connectivity index (χ3n) is 5.02. The Morgan fingerprint density at radius 1 is 1.04 bits per heavy atom. The van der Waals surface area contributed by atoms with Crippen LogP contribution >= 0.6 is 7.92 Å². The van der Waals surface area contributed by atoms with Crippen molar-refractivity contribution in [2.24, 2.45) is 0 Å². The number of carbonyl (C=O) groups excluding carboxylic acids is 1. The van der Waals surface area contributed by atoms with Crippen LogP contribution in [0.1, 0.15) is 40.7 Å². The van der Waals surface area contributed by atoms with E-state index in [-0.39, 0.29) is 19.8 Å². The first kappa shape index (κ1) is 19.2. The highest BCUT2D eigenvalue weighted by atomic mass is 31.1. The Morgan fingerprint density at radius 3 is 2.15 bits per heavy atom. The number of rotatable bonds is 6. The van der Waals surface area contributed by atoms with Gasteiger partial charge in [0.2, 0.25) is 0 Å². The van der Waals surface area contributed by atoms with E-state index in [2.05, 4.69) is 49.1 Å². The lowest BCUT2D eigenvalue weighted by Crippen LogP contribution is -2.14. The smallest absolute Gasteiger partial charge is 0.150 e. The largest absolute Gasteiger partial charge is 0.298 e. The second-order valence-electron chi connectivity index (χ2n) is 7.41. The fraction of sp³-hybridized carbons (Fsp3) is 0.409. The molecule has 3 atom stereocenters. The van der Waals surface area contributed by atoms with Crippen molar-refractivity contribution in [1.29, 1.82) is 0 Å². The first-order chi connectivity index (χ1) is 12.5. The number of benzene rings is 2. The average Bonchev–Trinajstić information content (AvgIpc) is 3.56. The first-order valence-electron chi connectivity index (χ1n) is 9.09. The molecule has 2 aliphatic carbocycles. The zero-order chi connectivity index (χ0) is 18.6. The first-order valence-corrected chi connectivity index (χ1v) is 11.3. The van der Waals surface area contributed by atoms with Crippen LogP contribution in [0, 0.1) is 0 Å². The lowest BCUT2D eigenvalue weighted by Gasteiger charge is -2.22. The second-order valence-corrected chi connectivity index (χ2v) is 9.76. The minimum atomic E-state index is -1.12. The molecule has 2 saturated carbocycles. The number of aldehydes is 1. The van der Waals surface area contributed by atoms with Crippen LogP contribution in [0.25, 0.3) is 0 Å². The van der Waals surface area contributed by atoms with E-state index in [1.165, 1.54) is 36.3 Å². The van der Waals surface area contributed by atoms with Crippen LogP contribution in [0.4, 0.5) is 8.78 Å². The topological polar surface area (TPSA) is 17.1 Å². The third-order valence-corrected chi connectivity index (χ3v) is 7.07. The van der Waals surface area contributed by atoms with Crippen LogP contribution in [-0.2, 0) is 11.6 Å². The van der Waals surface area contributed by atoms with Gasteiger partial charge in [0.05, 0.1) is 0 Å². The molecule has 4 rings (SSSR count). The van der Waals surface area contributed by atoms with Crippen LogP contribution in [0.15, 0.2) is 54.6 Å². The Kier molecular flexibility index (Phi) is 6.19. The van der Waals surface area contributed by atoms with E-state index < -0.39 is 12.3 Å². The number of alkyl halides is 2. The van der Waals surface area contributed by atoms with Crippen molar-refractivity contribution >= 4 is 14.2 Å². The highest BCUT2D eigenvalue weighted by Gasteiger charge is 2.45. The summed E-state index contributed by atoms with van der Waals surface area (Å²) in [5.41, 5.74) is 3.89. The normalized spacial score (nSPS) is 23.3. The molecule has 0 N–H and O–H groups in total. The van der Waals surface area contributed by atoms with Crippen molar-refractivity contribution in [2.45, 2.75) is 43.2 Å². The van der Waals surface area contributed by atoms with Gasteiger partial charge in [0.25, 0.3) is 0 Å². The van der Waals surface area contributed by atoms with Crippen molar-refractivity contribution in [2.75, 3.05) is 12.8 Å². The minimum Gasteiger partial charge on any atom is -0.298 e. The predicted octanol–water partition coefficient (Wildman–Crippen LogP) is 5.91. The van der Waals surface area contributed by atoms with Crippen LogP contribution in [0.2, 0.25) is 0 Å². The summed E-state index contributed by atoms with van der Waals surface area (Å²) in [5.74, 6) is 0. The lowest BCUT2D eigenvalue weighted by atomic mass is 9.93. The summed E-state index contributed by atoms with van der Waals surface area (Å²) >= 11 is 0. The van der Waals surface area contributed by atoms with Crippen molar-refractivity contribution in [1.82, 2.24) is 0 Å². The van der Waals surface area contributed by atoms with Gasteiger partial charge in [-0.3, -0.25) is 4.79 Å². The average molecular weight is 374 g/mol. The molecule has 2 fully saturated rings. The van der Waals surface area contributed by atoms with Crippen molar-refractivity contribution in [3.63, 3.8) is 0 Å². The van der Waals surface area contributed by atoms with Gasteiger partial charge in [0.1, 0.15) is 18.6 Å². The van der Waals surface area contributed by atoms with E-state index in [1.54, 1.807) is 0 Å². The molecule has 26 heavy (non-hydrogen) atoms. The summed E-state index contributed by atoms with van der Waals surface area (Å²) in [7, 11) is -0.0393. The monoisotopic (exact) mass is 374 g/mol. The summed E-state index contributed by atoms with van der Waals surface area (Å²) in [6, 6.07) is 18.9. The zero-order valence-corrected chi connectivity index (χ0v) is 16.0. The molecule has 0 saturated heterocycles. The van der Waals surface area contributed by atoms with Crippen LogP contribution in [0.3, 0.4) is 0 Å². The summed E-state index contributed by atoms with van der Waals surface area (Å²) in [6.07, 6.45) is 3.82. The third kappa shape index (κ3) is 4.98. The molecule has 3 unspecified atom stereocenters. The van der Waals surface area contributed by atoms with Gasteiger partial charge in [-0.25, -0.2) is 8.78 Å². The van der Waals surface area contributed by atoms with E-state index >= 15 is 0 Å². The number of hydrogen-bond donors (Lipinski definition) is 0. The van der Waals surface area contributed by atoms with Crippen molar-refractivity contribution in [3.8, 4) is 0 Å². The minimum absolute atomic E-state index is 0.0393. The fourth-order valence-corrected chi connectivity index (χ4v) is 5.82. The van der Waals surface area contributed by atoms with Gasteiger partial charge >= 0.3 is 0 Å². The molecule has 2 aliphatic rings. The van der Waals surface area contributed by atoms with E-state index in [4.69, 9.17) is 0 Å². The van der Waals surface area contributed by atoms with E-state index in [9.17, 15) is 13.6 Å². The Hall–Kier alpha value is -1.60. The molecule has 0 aromatic heterocycles. The Morgan fingerprint density at radius 2 is 1.62 bits per heavy atom. The second kappa shape index (κ2) is 8.39. The van der Waals surface area contributed by atoms with E-state index in [1.807, 2.05) is 12.1 Å². The van der Waals surface area contributed by atoms with Gasteiger partial charge in [-0.2, -0.15) is 0 Å². The van der Waals surface area contributed by atoms with Crippen LogP contribution in [-0.4, -0.2) is 31.5 Å². The molecule has 138 valence electrons. The quantitative estimate of drug-likeness (QED) is 0.454. The molecular weight excluding hydrogens is 349 g/mol. The highest BCUT2D eigenvalue weighted by Crippen LogP contribution is 2.56. The molecule has 0 amide bonds. The molecule has 0 spiro atoms. The number of carbonyl (C=O) groups is 1. The molecule has 0 radical (unpaired) electrons. The van der Waals surface area contributed by atoms with Gasteiger partial charge in [0, 0.05) is 12.0 Å². The van der Waals surface area contributed by atoms with Gasteiger partial charge in [-0.1, -0.05) is 54.6 Å². The number of hydrogen-bond acceptors (Lipinski definition) is 1. The fourth-order valence-electron chi connectivity index (χ4n) is 3.35. The molecule has 2 aromatic rings. The molecule has 4 heteroatoms. The molecule has 0 aliphatic heterocycles. The summed E-state index contributed by atoms with van der Waals surface area (Å²) < 4.78 is 22.3. The highest BCUT2D eigenvalue weighted by molar-refractivity contribution is 7.56. The van der Waals surface area contributed by atoms with Gasteiger partial charge < -0.3 is 0 Å². The Balaban J connectivity index is 0.000000339. The standard InChI is InChI=1S/C19H21OP.C3H4F2/c1-21(14-16-7-3-2-4-8-16)15-19(11-12-19)18-10-6-5-9-17(18)13-20;4-2-1-3(2)5/h2-10,13H,11-12,14-15H2,1H3;2-3H,1H2. The zero-order valence-electron chi connectivity index (χ0n) is 15.1. The summed E-state index contributed by atoms with van der Waals surface area (Å²) in [5, 5.41) is 0. The predicted molar refractivity (Wildman–Crippen MR) is 105 cm³/mol. The Labute approximate surface area is 155 Å². The van der Waals surface area contributed by atoms with Gasteiger partial charge in [-0.15, -0.1) is 7.92 Å². The van der Waals surface area contributed by atoms with E-state index in [0.717, 1.165) is 11.8 Å². The molecule has 0 heterocycles. The summed E-state index contributed by atoms with van der Waals surface area (Å²) in [6.45, 7) is 2.39. The lowest BCUT2D eigenvalue weighted by molar-refractivity contribution is 0.112. The van der Waals surface area contributed by atoms with Gasteiger partial charge in [0.15, 0.2) is 0 Å². The van der Waals surface area contributed by atoms with Gasteiger partial charge in [-0.05, 0) is 48.4 Å². The maximum absolute atomic E-state index is 11.3.